The van der Waals surface area contributed by atoms with Crippen LogP contribution in [0.25, 0.3) is 0 Å². The highest BCUT2D eigenvalue weighted by Crippen LogP contribution is 2.41. The summed E-state index contributed by atoms with van der Waals surface area (Å²) in [4.78, 5) is 0. The molecule has 3 rings (SSSR count). The topological polar surface area (TPSA) is 60.7 Å². The first-order valence-electron chi connectivity index (χ1n) is 10.3. The number of hydrogen-bond donors (Lipinski definition) is 3. The van der Waals surface area contributed by atoms with Gasteiger partial charge in [0.15, 0.2) is 11.5 Å². The SMILES string of the molecule is CC(C)Cc1ccc(Cc2cc(CCCc3ccccc3)c(O)c(O)c2O)cc1. The summed E-state index contributed by atoms with van der Waals surface area (Å²) >= 11 is 0. The van der Waals surface area contributed by atoms with Crippen molar-refractivity contribution in [3.05, 3.63) is 88.5 Å². The zero-order valence-electron chi connectivity index (χ0n) is 17.2. The van der Waals surface area contributed by atoms with Crippen molar-refractivity contribution < 1.29 is 15.3 Å². The van der Waals surface area contributed by atoms with E-state index in [1.54, 1.807) is 0 Å². The van der Waals surface area contributed by atoms with Crippen molar-refractivity contribution in [2.45, 2.75) is 46.0 Å². The fraction of sp³-hybridized carbons (Fsp3) is 0.308. The summed E-state index contributed by atoms with van der Waals surface area (Å²) in [6, 6.07) is 20.4. The molecule has 0 bridgehead atoms. The number of aryl methyl sites for hydroxylation is 2. The van der Waals surface area contributed by atoms with Crippen LogP contribution < -0.4 is 0 Å². The molecule has 0 unspecified atom stereocenters. The first-order valence-corrected chi connectivity index (χ1v) is 10.3. The van der Waals surface area contributed by atoms with Crippen molar-refractivity contribution in [1.29, 1.82) is 0 Å². The number of benzene rings is 3. The zero-order chi connectivity index (χ0) is 20.8. The highest BCUT2D eigenvalue weighted by atomic mass is 16.3. The van der Waals surface area contributed by atoms with Crippen LogP contribution in [0.5, 0.6) is 17.2 Å². The van der Waals surface area contributed by atoms with Gasteiger partial charge >= 0.3 is 0 Å². The summed E-state index contributed by atoms with van der Waals surface area (Å²) in [6.45, 7) is 4.40. The Morgan fingerprint density at radius 3 is 1.93 bits per heavy atom. The van der Waals surface area contributed by atoms with Crippen LogP contribution in [0.4, 0.5) is 0 Å². The van der Waals surface area contributed by atoms with Crippen LogP contribution in [-0.2, 0) is 25.7 Å². The molecule has 29 heavy (non-hydrogen) atoms. The Bertz CT molecular complexity index is 928. The van der Waals surface area contributed by atoms with Gasteiger partial charge in [-0.1, -0.05) is 68.4 Å². The molecule has 0 amide bonds. The van der Waals surface area contributed by atoms with E-state index in [9.17, 15) is 15.3 Å². The number of hydrogen-bond acceptors (Lipinski definition) is 3. The number of aromatic hydroxyl groups is 3. The highest BCUT2D eigenvalue weighted by Gasteiger charge is 2.17. The summed E-state index contributed by atoms with van der Waals surface area (Å²) < 4.78 is 0. The van der Waals surface area contributed by atoms with Crippen LogP contribution in [-0.4, -0.2) is 15.3 Å². The van der Waals surface area contributed by atoms with Crippen LogP contribution in [0.1, 0.15) is 48.1 Å². The average Bonchev–Trinajstić information content (AvgIpc) is 2.71. The van der Waals surface area contributed by atoms with E-state index < -0.39 is 5.75 Å². The summed E-state index contributed by atoms with van der Waals surface area (Å²) in [7, 11) is 0. The largest absolute Gasteiger partial charge is 0.504 e. The molecule has 0 saturated heterocycles. The van der Waals surface area contributed by atoms with Gasteiger partial charge in [-0.3, -0.25) is 0 Å². The predicted octanol–water partition coefficient (Wildman–Crippen LogP) is 5.77. The molecule has 0 radical (unpaired) electrons. The number of phenols is 3. The molecule has 3 aromatic carbocycles. The Balaban J connectivity index is 1.73. The molecule has 3 N–H and O–H groups in total. The van der Waals surface area contributed by atoms with E-state index in [0.717, 1.165) is 24.8 Å². The van der Waals surface area contributed by atoms with Gasteiger partial charge in [-0.25, -0.2) is 0 Å². The molecule has 0 aliphatic carbocycles. The van der Waals surface area contributed by atoms with E-state index in [0.29, 0.717) is 29.9 Å². The summed E-state index contributed by atoms with van der Waals surface area (Å²) in [5.41, 5.74) is 4.90. The fourth-order valence-electron chi connectivity index (χ4n) is 3.70. The molecule has 0 aliphatic heterocycles. The molecule has 0 aliphatic rings. The van der Waals surface area contributed by atoms with Crippen molar-refractivity contribution >= 4 is 0 Å². The second kappa shape index (κ2) is 9.51. The van der Waals surface area contributed by atoms with E-state index in [2.05, 4.69) is 50.2 Å². The quantitative estimate of drug-likeness (QED) is 0.428. The first-order chi connectivity index (χ1) is 13.9. The third-order valence-corrected chi connectivity index (χ3v) is 5.22. The van der Waals surface area contributed by atoms with Crippen molar-refractivity contribution in [3.63, 3.8) is 0 Å². The molecule has 3 aromatic rings. The van der Waals surface area contributed by atoms with Gasteiger partial charge in [0.1, 0.15) is 0 Å². The summed E-state index contributed by atoms with van der Waals surface area (Å²) in [5, 5.41) is 30.8. The molecule has 0 fully saturated rings. The molecule has 0 aromatic heterocycles. The second-order valence-corrected chi connectivity index (χ2v) is 8.17. The van der Waals surface area contributed by atoms with E-state index >= 15 is 0 Å². The third kappa shape index (κ3) is 5.54. The van der Waals surface area contributed by atoms with E-state index in [1.165, 1.54) is 11.1 Å². The van der Waals surface area contributed by atoms with Gasteiger partial charge in [-0.05, 0) is 59.9 Å². The second-order valence-electron chi connectivity index (χ2n) is 8.17. The van der Waals surface area contributed by atoms with Crippen LogP contribution in [0.3, 0.4) is 0 Å². The Labute approximate surface area is 173 Å². The van der Waals surface area contributed by atoms with E-state index in [4.69, 9.17) is 0 Å². The third-order valence-electron chi connectivity index (χ3n) is 5.22. The lowest BCUT2D eigenvalue weighted by Crippen LogP contribution is -1.97. The van der Waals surface area contributed by atoms with Crippen LogP contribution in [0.2, 0.25) is 0 Å². The van der Waals surface area contributed by atoms with Gasteiger partial charge in [-0.15, -0.1) is 0 Å². The maximum Gasteiger partial charge on any atom is 0.200 e. The maximum absolute atomic E-state index is 10.3. The zero-order valence-corrected chi connectivity index (χ0v) is 17.2. The van der Waals surface area contributed by atoms with Crippen molar-refractivity contribution in [1.82, 2.24) is 0 Å². The molecule has 0 saturated carbocycles. The Morgan fingerprint density at radius 2 is 1.28 bits per heavy atom. The monoisotopic (exact) mass is 390 g/mol. The normalized spacial score (nSPS) is 11.1. The highest BCUT2D eigenvalue weighted by molar-refractivity contribution is 5.58. The molecule has 152 valence electrons. The average molecular weight is 391 g/mol. The maximum atomic E-state index is 10.3. The lowest BCUT2D eigenvalue weighted by Gasteiger charge is -2.13. The number of rotatable bonds is 8. The molecule has 0 spiro atoms. The smallest absolute Gasteiger partial charge is 0.200 e. The van der Waals surface area contributed by atoms with E-state index in [1.807, 2.05) is 24.3 Å². The van der Waals surface area contributed by atoms with Crippen LogP contribution >= 0.6 is 0 Å². The van der Waals surface area contributed by atoms with Crippen molar-refractivity contribution in [2.75, 3.05) is 0 Å². The minimum absolute atomic E-state index is 0.216. The van der Waals surface area contributed by atoms with Gasteiger partial charge in [0.2, 0.25) is 5.75 Å². The molecular weight excluding hydrogens is 360 g/mol. The molecule has 3 nitrogen and oxygen atoms in total. The molecule has 3 heteroatoms. The molecule has 0 atom stereocenters. The Kier molecular flexibility index (Phi) is 6.82. The Morgan fingerprint density at radius 1 is 0.655 bits per heavy atom. The van der Waals surface area contributed by atoms with Crippen molar-refractivity contribution in [3.8, 4) is 17.2 Å². The summed E-state index contributed by atoms with van der Waals surface area (Å²) in [5.74, 6) is -0.266. The minimum Gasteiger partial charge on any atom is -0.504 e. The van der Waals surface area contributed by atoms with Gasteiger partial charge in [-0.2, -0.15) is 0 Å². The lowest BCUT2D eigenvalue weighted by atomic mass is 9.95. The van der Waals surface area contributed by atoms with Gasteiger partial charge in [0, 0.05) is 12.0 Å². The first kappa shape index (κ1) is 20.8. The van der Waals surface area contributed by atoms with Gasteiger partial charge in [0.05, 0.1) is 0 Å². The fourth-order valence-corrected chi connectivity index (χ4v) is 3.70. The minimum atomic E-state index is -0.423. The molecular formula is C26H30O3. The standard InChI is InChI=1S/C26H30O3/c1-18(2)15-20-11-13-21(14-12-20)16-23-17-22(24(27)26(29)25(23)28)10-6-9-19-7-4-3-5-8-19/h3-5,7-8,11-14,17-18,27-29H,6,9-10,15-16H2,1-2H3. The van der Waals surface area contributed by atoms with Crippen LogP contribution in [0, 0.1) is 5.92 Å². The van der Waals surface area contributed by atoms with Gasteiger partial charge < -0.3 is 15.3 Å². The van der Waals surface area contributed by atoms with Crippen molar-refractivity contribution in [2.24, 2.45) is 5.92 Å². The molecule has 0 heterocycles. The number of phenolic OH excluding ortho intramolecular Hbond substituents is 3. The summed E-state index contributed by atoms with van der Waals surface area (Å²) in [6.07, 6.45) is 3.93. The predicted molar refractivity (Wildman–Crippen MR) is 118 cm³/mol. The Hall–Kier alpha value is -2.94. The van der Waals surface area contributed by atoms with E-state index in [-0.39, 0.29) is 11.5 Å². The van der Waals surface area contributed by atoms with Gasteiger partial charge in [0.25, 0.3) is 0 Å². The van der Waals surface area contributed by atoms with Crippen LogP contribution in [0.15, 0.2) is 60.7 Å². The lowest BCUT2D eigenvalue weighted by molar-refractivity contribution is 0.362.